The lowest BCUT2D eigenvalue weighted by molar-refractivity contribution is -0.148. The molecule has 4 rings (SSSR count). The number of aromatic nitrogens is 1. The second kappa shape index (κ2) is 8.27. The Morgan fingerprint density at radius 2 is 1.68 bits per heavy atom. The third-order valence-corrected chi connectivity index (χ3v) is 5.69. The zero-order chi connectivity index (χ0) is 19.3. The van der Waals surface area contributed by atoms with Gasteiger partial charge in [0, 0.05) is 22.9 Å². The van der Waals surface area contributed by atoms with Crippen molar-refractivity contribution in [3.8, 4) is 0 Å². The summed E-state index contributed by atoms with van der Waals surface area (Å²) in [6, 6.07) is 20.7. The van der Waals surface area contributed by atoms with Crippen LogP contribution in [0.3, 0.4) is 0 Å². The van der Waals surface area contributed by atoms with E-state index < -0.39 is 17.3 Å². The van der Waals surface area contributed by atoms with Gasteiger partial charge in [-0.15, -0.1) is 11.8 Å². The van der Waals surface area contributed by atoms with E-state index in [9.17, 15) is 9.59 Å². The number of thioether (sulfide) groups is 1. The van der Waals surface area contributed by atoms with Gasteiger partial charge in [-0.25, -0.2) is 0 Å². The predicted octanol–water partition coefficient (Wildman–Crippen LogP) is 4.22. The second-order valence-electron chi connectivity index (χ2n) is 6.36. The van der Waals surface area contributed by atoms with Crippen molar-refractivity contribution in [3.63, 3.8) is 0 Å². The van der Waals surface area contributed by atoms with Gasteiger partial charge >= 0.3 is 5.97 Å². The second-order valence-corrected chi connectivity index (χ2v) is 7.60. The number of nitrogens with one attached hydrogen (secondary N) is 1. The minimum atomic E-state index is -0.541. The maximum Gasteiger partial charge on any atom is 0.308 e. The van der Waals surface area contributed by atoms with E-state index in [1.165, 1.54) is 11.8 Å². The number of para-hydroxylation sites is 1. The van der Waals surface area contributed by atoms with Crippen LogP contribution in [0.2, 0.25) is 0 Å². The summed E-state index contributed by atoms with van der Waals surface area (Å²) in [6.07, 6.45) is 2.79. The molecule has 1 amide bonds. The monoisotopic (exact) mass is 390 g/mol. The molecule has 0 saturated heterocycles. The molecule has 2 aromatic carbocycles. The number of amides is 1. The number of nitrogens with zero attached hydrogens (tertiary/aromatic N) is 1. The molecule has 2 atom stereocenters. The summed E-state index contributed by atoms with van der Waals surface area (Å²) in [5.41, 5.74) is 2.48. The zero-order valence-corrected chi connectivity index (χ0v) is 15.8. The van der Waals surface area contributed by atoms with Gasteiger partial charge in [-0.3, -0.25) is 14.6 Å². The van der Waals surface area contributed by atoms with Gasteiger partial charge in [0.25, 0.3) is 0 Å². The highest BCUT2D eigenvalue weighted by Crippen LogP contribution is 2.37. The lowest BCUT2D eigenvalue weighted by Gasteiger charge is -2.24. The third kappa shape index (κ3) is 4.07. The molecule has 6 heteroatoms. The standard InChI is InChI=1S/C22H18N2O3S/c25-20(14-19-22(26)24-17-8-4-5-9-18(17)28-19)27-21(15-6-2-1-3-7-15)16-10-12-23-13-11-16/h1-13,19,21H,14H2,(H,24,26)/t19-,21+/m1/s1. The van der Waals surface area contributed by atoms with Crippen molar-refractivity contribution in [2.45, 2.75) is 22.7 Å². The van der Waals surface area contributed by atoms with Crippen molar-refractivity contribution in [1.29, 1.82) is 0 Å². The largest absolute Gasteiger partial charge is 0.452 e. The Balaban J connectivity index is 1.50. The van der Waals surface area contributed by atoms with E-state index in [2.05, 4.69) is 10.3 Å². The SMILES string of the molecule is O=C(C[C@H]1Sc2ccccc2NC1=O)O[C@@H](c1ccccc1)c1ccncc1. The Morgan fingerprint density at radius 3 is 2.46 bits per heavy atom. The topological polar surface area (TPSA) is 68.3 Å². The van der Waals surface area contributed by atoms with E-state index >= 15 is 0 Å². The Morgan fingerprint density at radius 1 is 1.00 bits per heavy atom. The van der Waals surface area contributed by atoms with Crippen LogP contribution in [0.4, 0.5) is 5.69 Å². The molecule has 5 nitrogen and oxygen atoms in total. The predicted molar refractivity (Wildman–Crippen MR) is 108 cm³/mol. The van der Waals surface area contributed by atoms with Crippen molar-refractivity contribution in [3.05, 3.63) is 90.3 Å². The van der Waals surface area contributed by atoms with Gasteiger partial charge in [0.2, 0.25) is 5.91 Å². The van der Waals surface area contributed by atoms with E-state index in [-0.39, 0.29) is 12.3 Å². The molecule has 1 N–H and O–H groups in total. The number of carbonyl (C=O) groups is 2. The quantitative estimate of drug-likeness (QED) is 0.661. The molecule has 0 fully saturated rings. The molecule has 0 aliphatic carbocycles. The number of rotatable bonds is 5. The fraction of sp³-hybridized carbons (Fsp3) is 0.136. The summed E-state index contributed by atoms with van der Waals surface area (Å²) in [4.78, 5) is 30.0. The first-order valence-corrected chi connectivity index (χ1v) is 9.79. The number of hydrogen-bond donors (Lipinski definition) is 1. The van der Waals surface area contributed by atoms with E-state index in [0.29, 0.717) is 0 Å². The summed E-state index contributed by atoms with van der Waals surface area (Å²) >= 11 is 1.39. The number of esters is 1. The molecule has 0 bridgehead atoms. The summed E-state index contributed by atoms with van der Waals surface area (Å²) in [5.74, 6) is -0.599. The van der Waals surface area contributed by atoms with Crippen LogP contribution in [0.15, 0.2) is 84.0 Å². The third-order valence-electron chi connectivity index (χ3n) is 4.42. The Kier molecular flexibility index (Phi) is 5.39. The van der Waals surface area contributed by atoms with Gasteiger partial charge in [-0.05, 0) is 29.8 Å². The zero-order valence-electron chi connectivity index (χ0n) is 14.9. The van der Waals surface area contributed by atoms with Crippen LogP contribution in [-0.2, 0) is 14.3 Å². The maximum atomic E-state index is 12.7. The Hall–Kier alpha value is -3.12. The van der Waals surface area contributed by atoms with E-state index in [4.69, 9.17) is 4.74 Å². The fourth-order valence-corrected chi connectivity index (χ4v) is 4.15. The molecule has 2 heterocycles. The molecule has 1 aliphatic heterocycles. The maximum absolute atomic E-state index is 12.7. The van der Waals surface area contributed by atoms with Crippen LogP contribution in [0.1, 0.15) is 23.7 Å². The number of hydrogen-bond acceptors (Lipinski definition) is 5. The van der Waals surface area contributed by atoms with Crippen LogP contribution < -0.4 is 5.32 Å². The highest BCUT2D eigenvalue weighted by atomic mass is 32.2. The molecule has 28 heavy (non-hydrogen) atoms. The van der Waals surface area contributed by atoms with Gasteiger partial charge < -0.3 is 10.1 Å². The normalized spacial score (nSPS) is 16.6. The lowest BCUT2D eigenvalue weighted by Crippen LogP contribution is -2.31. The number of pyridine rings is 1. The van der Waals surface area contributed by atoms with E-state index in [1.54, 1.807) is 12.4 Å². The average Bonchev–Trinajstić information content (AvgIpc) is 2.74. The number of fused-ring (bicyclic) bond motifs is 1. The summed E-state index contributed by atoms with van der Waals surface area (Å²) in [5, 5.41) is 2.34. The number of ether oxygens (including phenoxy) is 1. The average molecular weight is 390 g/mol. The first-order chi connectivity index (χ1) is 13.7. The first kappa shape index (κ1) is 18.3. The molecule has 0 saturated carbocycles. The summed E-state index contributed by atoms with van der Waals surface area (Å²) in [7, 11) is 0. The van der Waals surface area contributed by atoms with Crippen molar-refractivity contribution >= 4 is 29.3 Å². The van der Waals surface area contributed by atoms with Crippen molar-refractivity contribution < 1.29 is 14.3 Å². The molecular formula is C22H18N2O3S. The summed E-state index contributed by atoms with van der Waals surface area (Å²) < 4.78 is 5.80. The summed E-state index contributed by atoms with van der Waals surface area (Å²) in [6.45, 7) is 0. The molecule has 1 aromatic heterocycles. The van der Waals surface area contributed by atoms with Gasteiger partial charge in [0.05, 0.1) is 17.4 Å². The highest BCUT2D eigenvalue weighted by Gasteiger charge is 2.30. The van der Waals surface area contributed by atoms with E-state index in [0.717, 1.165) is 21.7 Å². The minimum absolute atomic E-state index is 0.000743. The van der Waals surface area contributed by atoms with Gasteiger partial charge in [0.1, 0.15) is 0 Å². The molecule has 3 aromatic rings. The van der Waals surface area contributed by atoms with Crippen LogP contribution in [-0.4, -0.2) is 22.1 Å². The van der Waals surface area contributed by atoms with Crippen molar-refractivity contribution in [2.24, 2.45) is 0 Å². The van der Waals surface area contributed by atoms with Gasteiger partial charge in [-0.1, -0.05) is 42.5 Å². The molecule has 1 aliphatic rings. The highest BCUT2D eigenvalue weighted by molar-refractivity contribution is 8.01. The van der Waals surface area contributed by atoms with Crippen LogP contribution in [0.5, 0.6) is 0 Å². The molecule has 140 valence electrons. The number of carbonyl (C=O) groups excluding carboxylic acids is 2. The van der Waals surface area contributed by atoms with Crippen LogP contribution >= 0.6 is 11.8 Å². The molecule has 0 unspecified atom stereocenters. The minimum Gasteiger partial charge on any atom is -0.452 e. The smallest absolute Gasteiger partial charge is 0.308 e. The first-order valence-electron chi connectivity index (χ1n) is 8.91. The lowest BCUT2D eigenvalue weighted by atomic mass is 10.0. The van der Waals surface area contributed by atoms with E-state index in [1.807, 2.05) is 66.7 Å². The molecule has 0 radical (unpaired) electrons. The molecule has 0 spiro atoms. The van der Waals surface area contributed by atoms with Gasteiger partial charge in [0.15, 0.2) is 6.10 Å². The van der Waals surface area contributed by atoms with Gasteiger partial charge in [-0.2, -0.15) is 0 Å². The fourth-order valence-electron chi connectivity index (χ4n) is 3.05. The Labute approximate surface area is 167 Å². The van der Waals surface area contributed by atoms with Crippen LogP contribution in [0, 0.1) is 0 Å². The van der Waals surface area contributed by atoms with Crippen molar-refractivity contribution in [1.82, 2.24) is 4.98 Å². The number of anilines is 1. The Bertz CT molecular complexity index is 940. The van der Waals surface area contributed by atoms with Crippen LogP contribution in [0.25, 0.3) is 0 Å². The molecular weight excluding hydrogens is 372 g/mol. The van der Waals surface area contributed by atoms with Crippen molar-refractivity contribution in [2.75, 3.05) is 5.32 Å². The number of benzene rings is 2.